The molecule has 2 atom stereocenters. The maximum atomic E-state index is 14.9. The fourth-order valence-corrected chi connectivity index (χ4v) is 6.10. The first kappa shape index (κ1) is 22.9. The molecule has 1 aliphatic carbocycles. The smallest absolute Gasteiger partial charge is 0.369 e. The second-order valence-electron chi connectivity index (χ2n) is 7.72. The molecule has 1 aromatic carbocycles. The number of amides is 1. The summed E-state index contributed by atoms with van der Waals surface area (Å²) in [5, 5.41) is 1.37. The van der Waals surface area contributed by atoms with Crippen LogP contribution in [0.2, 0.25) is 0 Å². The molecule has 9 nitrogen and oxygen atoms in total. The van der Waals surface area contributed by atoms with Gasteiger partial charge in [0.15, 0.2) is 5.69 Å². The highest BCUT2D eigenvalue weighted by atomic mass is 32.2. The van der Waals surface area contributed by atoms with Gasteiger partial charge in [0, 0.05) is 18.3 Å². The number of hydrogen-bond donors (Lipinski definition) is 2. The third kappa shape index (κ3) is 3.77. The van der Waals surface area contributed by atoms with Crippen LogP contribution in [0.25, 0.3) is 0 Å². The summed E-state index contributed by atoms with van der Waals surface area (Å²) in [6.45, 7) is 0. The minimum Gasteiger partial charge on any atom is -0.369 e. The SMILES string of the molecule is CN1C(N)=N[C@@]2(c3cc(NC(=O)c4cnc(C(F)(F)F)cn4)ccc3F)CCC[C@H]2S1(=O)=O. The molecule has 0 unspecified atom stereocenters. The number of fused-ring (bicyclic) bond motifs is 1. The van der Waals surface area contributed by atoms with E-state index >= 15 is 0 Å². The van der Waals surface area contributed by atoms with E-state index in [0.717, 1.165) is 10.4 Å². The number of halogens is 4. The number of benzene rings is 1. The van der Waals surface area contributed by atoms with Crippen molar-refractivity contribution in [3.8, 4) is 0 Å². The molecule has 2 aliphatic rings. The fraction of sp³-hybridized carbons (Fsp3) is 0.368. The fourth-order valence-electron chi connectivity index (χ4n) is 4.17. The number of sulfonamides is 1. The number of guanidine groups is 1. The molecule has 1 aromatic heterocycles. The van der Waals surface area contributed by atoms with Gasteiger partial charge >= 0.3 is 6.18 Å². The Morgan fingerprint density at radius 2 is 2.00 bits per heavy atom. The van der Waals surface area contributed by atoms with E-state index in [1.54, 1.807) is 0 Å². The summed E-state index contributed by atoms with van der Waals surface area (Å²) in [6.07, 6.45) is -2.67. The van der Waals surface area contributed by atoms with Gasteiger partial charge < -0.3 is 11.1 Å². The van der Waals surface area contributed by atoms with Crippen LogP contribution in [0.1, 0.15) is 41.0 Å². The van der Waals surface area contributed by atoms with Crippen molar-refractivity contribution >= 4 is 27.6 Å². The van der Waals surface area contributed by atoms with Crippen LogP contribution in [0.4, 0.5) is 23.2 Å². The van der Waals surface area contributed by atoms with Crippen molar-refractivity contribution in [3.05, 3.63) is 53.4 Å². The Balaban J connectivity index is 1.68. The molecule has 3 N–H and O–H groups in total. The lowest BCUT2D eigenvalue weighted by Gasteiger charge is -2.39. The molecule has 0 saturated heterocycles. The molecular weight excluding hydrogens is 468 g/mol. The molecule has 176 valence electrons. The van der Waals surface area contributed by atoms with Gasteiger partial charge in [0.25, 0.3) is 5.91 Å². The summed E-state index contributed by atoms with van der Waals surface area (Å²) in [4.78, 5) is 23.4. The van der Waals surface area contributed by atoms with Crippen LogP contribution < -0.4 is 11.1 Å². The largest absolute Gasteiger partial charge is 0.434 e. The maximum Gasteiger partial charge on any atom is 0.434 e. The van der Waals surface area contributed by atoms with Gasteiger partial charge in [-0.15, -0.1) is 0 Å². The van der Waals surface area contributed by atoms with Gasteiger partial charge in [-0.3, -0.25) is 4.79 Å². The van der Waals surface area contributed by atoms with Crippen LogP contribution in [0.5, 0.6) is 0 Å². The highest BCUT2D eigenvalue weighted by molar-refractivity contribution is 7.90. The zero-order chi connectivity index (χ0) is 24.2. The number of nitrogens with one attached hydrogen (secondary N) is 1. The predicted octanol–water partition coefficient (Wildman–Crippen LogP) is 2.22. The molecule has 1 fully saturated rings. The van der Waals surface area contributed by atoms with Gasteiger partial charge in [-0.1, -0.05) is 0 Å². The number of nitrogens with two attached hydrogens (primary N) is 1. The molecule has 1 saturated carbocycles. The summed E-state index contributed by atoms with van der Waals surface area (Å²) >= 11 is 0. The second kappa shape index (κ2) is 7.64. The predicted molar refractivity (Wildman–Crippen MR) is 109 cm³/mol. The van der Waals surface area contributed by atoms with Crippen LogP contribution in [0.15, 0.2) is 35.6 Å². The van der Waals surface area contributed by atoms with Crippen molar-refractivity contribution in [3.63, 3.8) is 0 Å². The topological polar surface area (TPSA) is 131 Å². The zero-order valence-electron chi connectivity index (χ0n) is 17.1. The molecule has 1 aliphatic heterocycles. The van der Waals surface area contributed by atoms with Crippen molar-refractivity contribution in [2.45, 2.75) is 36.2 Å². The third-order valence-corrected chi connectivity index (χ3v) is 8.10. The number of anilines is 1. The quantitative estimate of drug-likeness (QED) is 0.640. The Hall–Kier alpha value is -3.29. The molecule has 0 radical (unpaired) electrons. The van der Waals surface area contributed by atoms with Crippen molar-refractivity contribution in [2.24, 2.45) is 10.7 Å². The maximum absolute atomic E-state index is 14.9. The Kier molecular flexibility index (Phi) is 5.30. The number of aromatic nitrogens is 2. The Morgan fingerprint density at radius 3 is 2.64 bits per heavy atom. The standard InChI is InChI=1S/C19H18F4N6O3S/c1-29-17(24)28-18(6-2-3-15(18)33(29,31)32)11-7-10(4-5-12(11)20)27-16(30)13-8-26-14(9-25-13)19(21,22)23/h4-5,7-9,15H,2-3,6H2,1H3,(H2,24,28)(H,27,30)/t15-,18-/m1/s1. The summed E-state index contributed by atoms with van der Waals surface area (Å²) in [5.74, 6) is -1.89. The van der Waals surface area contributed by atoms with Gasteiger partial charge in [0.2, 0.25) is 16.0 Å². The second-order valence-corrected chi connectivity index (χ2v) is 9.87. The van der Waals surface area contributed by atoms with Gasteiger partial charge in [-0.05, 0) is 37.5 Å². The van der Waals surface area contributed by atoms with Crippen LogP contribution in [0, 0.1) is 5.82 Å². The van der Waals surface area contributed by atoms with E-state index in [0.29, 0.717) is 18.8 Å². The molecule has 4 rings (SSSR count). The van der Waals surface area contributed by atoms with Crippen molar-refractivity contribution in [1.82, 2.24) is 14.3 Å². The van der Waals surface area contributed by atoms with E-state index in [1.807, 2.05) is 0 Å². The van der Waals surface area contributed by atoms with Crippen molar-refractivity contribution in [1.29, 1.82) is 0 Å². The molecule has 1 amide bonds. The van der Waals surface area contributed by atoms with Crippen molar-refractivity contribution in [2.75, 3.05) is 12.4 Å². The number of rotatable bonds is 3. The van der Waals surface area contributed by atoms with E-state index < -0.39 is 50.1 Å². The Morgan fingerprint density at radius 1 is 1.27 bits per heavy atom. The average Bonchev–Trinajstić information content (AvgIpc) is 3.19. The lowest BCUT2D eigenvalue weighted by Crippen LogP contribution is -2.55. The van der Waals surface area contributed by atoms with Gasteiger partial charge in [-0.2, -0.15) is 13.2 Å². The highest BCUT2D eigenvalue weighted by Crippen LogP contribution is 2.49. The first-order chi connectivity index (χ1) is 15.4. The van der Waals surface area contributed by atoms with Crippen LogP contribution >= 0.6 is 0 Å². The average molecular weight is 486 g/mol. The molecule has 33 heavy (non-hydrogen) atoms. The van der Waals surface area contributed by atoms with Crippen LogP contribution in [-0.2, 0) is 21.7 Å². The zero-order valence-corrected chi connectivity index (χ0v) is 17.9. The minimum atomic E-state index is -4.71. The normalized spacial score (nSPS) is 24.2. The number of hydrogen-bond acceptors (Lipinski definition) is 7. The van der Waals surface area contributed by atoms with E-state index in [-0.39, 0.29) is 30.1 Å². The number of nitrogens with zero attached hydrogens (tertiary/aromatic N) is 4. The molecule has 14 heteroatoms. The van der Waals surface area contributed by atoms with Gasteiger partial charge in [0.05, 0.1) is 12.4 Å². The number of alkyl halides is 3. The minimum absolute atomic E-state index is 0.0547. The van der Waals surface area contributed by atoms with Crippen molar-refractivity contribution < 1.29 is 30.8 Å². The van der Waals surface area contributed by atoms with E-state index in [2.05, 4.69) is 20.3 Å². The lowest BCUT2D eigenvalue weighted by atomic mass is 9.87. The summed E-state index contributed by atoms with van der Waals surface area (Å²) < 4.78 is 79.5. The number of carbonyl (C=O) groups excluding carboxylic acids is 1. The first-order valence-corrected chi connectivity index (χ1v) is 11.2. The van der Waals surface area contributed by atoms with Crippen LogP contribution in [-0.4, -0.2) is 46.9 Å². The molecule has 2 heterocycles. The molecule has 0 bridgehead atoms. The monoisotopic (exact) mass is 486 g/mol. The summed E-state index contributed by atoms with van der Waals surface area (Å²) in [6, 6.07) is 3.52. The highest BCUT2D eigenvalue weighted by Gasteiger charge is 2.56. The van der Waals surface area contributed by atoms with Crippen LogP contribution in [0.3, 0.4) is 0 Å². The van der Waals surface area contributed by atoms with E-state index in [9.17, 15) is 30.8 Å². The summed E-state index contributed by atoms with van der Waals surface area (Å²) in [5.41, 5.74) is 2.73. The lowest BCUT2D eigenvalue weighted by molar-refractivity contribution is -0.141. The van der Waals surface area contributed by atoms with E-state index in [1.165, 1.54) is 19.2 Å². The Labute approximate surface area is 185 Å². The van der Waals surface area contributed by atoms with Gasteiger partial charge in [-0.25, -0.2) is 32.1 Å². The molecule has 2 aromatic rings. The molecular formula is C19H18F4N6O3S. The number of aliphatic imine (C=N–C) groups is 1. The third-order valence-electron chi connectivity index (χ3n) is 5.80. The van der Waals surface area contributed by atoms with E-state index in [4.69, 9.17) is 5.73 Å². The Bertz CT molecular complexity index is 1250. The first-order valence-electron chi connectivity index (χ1n) is 9.70. The molecule has 0 spiro atoms. The van der Waals surface area contributed by atoms with Gasteiger partial charge in [0.1, 0.15) is 22.3 Å². The summed E-state index contributed by atoms with van der Waals surface area (Å²) in [7, 11) is -2.62. The number of carbonyl (C=O) groups is 1.